The normalized spacial score (nSPS) is 10.7. The molecule has 0 radical (unpaired) electrons. The van der Waals surface area contributed by atoms with Crippen molar-refractivity contribution in [2.45, 2.75) is 20.8 Å². The molecule has 1 rings (SSSR count). The third-order valence-corrected chi connectivity index (χ3v) is 2.36. The highest BCUT2D eigenvalue weighted by atomic mass is 35.5. The van der Waals surface area contributed by atoms with Gasteiger partial charge in [-0.25, -0.2) is 4.98 Å². The van der Waals surface area contributed by atoms with Crippen LogP contribution in [-0.4, -0.2) is 28.5 Å². The topological polar surface area (TPSA) is 72.2 Å². The average molecular weight is 259 g/mol. The Balaban J connectivity index is 3.25. The summed E-state index contributed by atoms with van der Waals surface area (Å²) in [4.78, 5) is 20.0. The number of nitrogens with zero attached hydrogens (tertiary/aromatic N) is 4. The molecule has 0 amide bonds. The van der Waals surface area contributed by atoms with Gasteiger partial charge >= 0.3 is 5.69 Å². The summed E-state index contributed by atoms with van der Waals surface area (Å²) in [5.41, 5.74) is 0.193. The number of aryl methyl sites for hydroxylation is 1. The largest absolute Gasteiger partial charge is 0.354 e. The van der Waals surface area contributed by atoms with Crippen LogP contribution in [0.1, 0.15) is 19.5 Å². The molecule has 0 aromatic carbocycles. The summed E-state index contributed by atoms with van der Waals surface area (Å²) in [7, 11) is 1.76. The Morgan fingerprint density at radius 1 is 1.47 bits per heavy atom. The molecule has 0 saturated carbocycles. The van der Waals surface area contributed by atoms with E-state index in [0.29, 0.717) is 12.5 Å². The summed E-state index contributed by atoms with van der Waals surface area (Å²) >= 11 is 5.74. The SMILES string of the molecule is Cc1nc(Cl)nc(N(C)CC(C)C)c1[N+](=O)[O-]. The molecule has 0 aliphatic heterocycles. The number of halogens is 1. The monoisotopic (exact) mass is 258 g/mol. The van der Waals surface area contributed by atoms with Gasteiger partial charge in [-0.05, 0) is 24.4 Å². The third-order valence-electron chi connectivity index (χ3n) is 2.20. The quantitative estimate of drug-likeness (QED) is 0.471. The molecule has 1 heterocycles. The van der Waals surface area contributed by atoms with Crippen molar-refractivity contribution in [2.75, 3.05) is 18.5 Å². The molecule has 0 aliphatic carbocycles. The van der Waals surface area contributed by atoms with E-state index in [2.05, 4.69) is 9.97 Å². The lowest BCUT2D eigenvalue weighted by atomic mass is 10.2. The Morgan fingerprint density at radius 2 is 2.06 bits per heavy atom. The van der Waals surface area contributed by atoms with E-state index in [9.17, 15) is 10.1 Å². The Labute approximate surface area is 105 Å². The van der Waals surface area contributed by atoms with Crippen LogP contribution >= 0.6 is 11.6 Å². The molecule has 0 fully saturated rings. The van der Waals surface area contributed by atoms with E-state index < -0.39 is 4.92 Å². The number of hydrogen-bond acceptors (Lipinski definition) is 5. The van der Waals surface area contributed by atoms with Gasteiger partial charge in [-0.3, -0.25) is 10.1 Å². The summed E-state index contributed by atoms with van der Waals surface area (Å²) in [6, 6.07) is 0. The fourth-order valence-electron chi connectivity index (χ4n) is 1.63. The number of hydrogen-bond donors (Lipinski definition) is 0. The van der Waals surface area contributed by atoms with Crippen molar-refractivity contribution in [1.29, 1.82) is 0 Å². The van der Waals surface area contributed by atoms with Gasteiger partial charge in [0.2, 0.25) is 11.1 Å². The molecule has 0 aliphatic rings. The molecule has 94 valence electrons. The zero-order valence-corrected chi connectivity index (χ0v) is 11.0. The second-order valence-electron chi connectivity index (χ2n) is 4.28. The van der Waals surface area contributed by atoms with Crippen LogP contribution in [0.4, 0.5) is 11.5 Å². The summed E-state index contributed by atoms with van der Waals surface area (Å²) in [5, 5.41) is 11.0. The van der Waals surface area contributed by atoms with Crippen LogP contribution in [0, 0.1) is 23.0 Å². The standard InChI is InChI=1S/C10H15ClN4O2/c1-6(2)5-14(4)9-8(15(16)17)7(3)12-10(11)13-9/h6H,5H2,1-4H3. The van der Waals surface area contributed by atoms with Crippen LogP contribution in [0.15, 0.2) is 0 Å². The maximum absolute atomic E-state index is 11.0. The minimum absolute atomic E-state index is 0.0266. The number of nitro groups is 1. The average Bonchev–Trinajstić information content (AvgIpc) is 2.14. The van der Waals surface area contributed by atoms with E-state index in [1.54, 1.807) is 18.9 Å². The zero-order valence-electron chi connectivity index (χ0n) is 10.3. The van der Waals surface area contributed by atoms with Crippen LogP contribution in [0.25, 0.3) is 0 Å². The molecule has 17 heavy (non-hydrogen) atoms. The maximum atomic E-state index is 11.0. The molecule has 1 aromatic heterocycles. The van der Waals surface area contributed by atoms with Gasteiger partial charge in [0.25, 0.3) is 0 Å². The Hall–Kier alpha value is -1.43. The first kappa shape index (κ1) is 13.6. The first-order valence-corrected chi connectivity index (χ1v) is 5.60. The van der Waals surface area contributed by atoms with Gasteiger partial charge in [0, 0.05) is 13.6 Å². The maximum Gasteiger partial charge on any atom is 0.332 e. The van der Waals surface area contributed by atoms with Gasteiger partial charge < -0.3 is 4.90 Å². The zero-order chi connectivity index (χ0) is 13.2. The van der Waals surface area contributed by atoms with Crippen molar-refractivity contribution < 1.29 is 4.92 Å². The van der Waals surface area contributed by atoms with E-state index in [1.165, 1.54) is 0 Å². The minimum Gasteiger partial charge on any atom is -0.354 e. The lowest BCUT2D eigenvalue weighted by molar-refractivity contribution is -0.385. The first-order chi connectivity index (χ1) is 7.82. The minimum atomic E-state index is -0.474. The number of rotatable bonds is 4. The van der Waals surface area contributed by atoms with E-state index in [4.69, 9.17) is 11.6 Å². The molecule has 0 spiro atoms. The van der Waals surface area contributed by atoms with Gasteiger partial charge in [0.1, 0.15) is 5.69 Å². The van der Waals surface area contributed by atoms with Crippen molar-refractivity contribution >= 4 is 23.1 Å². The Kier molecular flexibility index (Phi) is 4.22. The Morgan fingerprint density at radius 3 is 2.53 bits per heavy atom. The second kappa shape index (κ2) is 5.27. The van der Waals surface area contributed by atoms with Gasteiger partial charge in [-0.1, -0.05) is 13.8 Å². The van der Waals surface area contributed by atoms with E-state index in [0.717, 1.165) is 0 Å². The summed E-state index contributed by atoms with van der Waals surface area (Å²) < 4.78 is 0. The molecule has 0 N–H and O–H groups in total. The molecule has 7 heteroatoms. The molecule has 0 unspecified atom stereocenters. The molecule has 1 aromatic rings. The molecule has 6 nitrogen and oxygen atoms in total. The fraction of sp³-hybridized carbons (Fsp3) is 0.600. The van der Waals surface area contributed by atoms with Crippen molar-refractivity contribution in [3.05, 3.63) is 21.1 Å². The highest BCUT2D eigenvalue weighted by molar-refractivity contribution is 6.28. The predicted molar refractivity (Wildman–Crippen MR) is 66.5 cm³/mol. The van der Waals surface area contributed by atoms with E-state index in [-0.39, 0.29) is 22.5 Å². The van der Waals surface area contributed by atoms with Crippen LogP contribution in [0.5, 0.6) is 0 Å². The highest BCUT2D eigenvalue weighted by Crippen LogP contribution is 2.29. The lowest BCUT2D eigenvalue weighted by Gasteiger charge is -2.20. The molecular formula is C10H15ClN4O2. The third kappa shape index (κ3) is 3.26. The van der Waals surface area contributed by atoms with Gasteiger partial charge in [0.15, 0.2) is 0 Å². The summed E-state index contributed by atoms with van der Waals surface area (Å²) in [6.45, 7) is 6.27. The van der Waals surface area contributed by atoms with E-state index in [1.807, 2.05) is 13.8 Å². The summed E-state index contributed by atoms with van der Waals surface area (Å²) in [5.74, 6) is 0.634. The van der Waals surface area contributed by atoms with Crippen molar-refractivity contribution in [3.63, 3.8) is 0 Å². The van der Waals surface area contributed by atoms with Crippen LogP contribution in [0.3, 0.4) is 0 Å². The fourth-order valence-corrected chi connectivity index (χ4v) is 1.84. The Bertz CT molecular complexity index is 437. The molecule has 0 bridgehead atoms. The second-order valence-corrected chi connectivity index (χ2v) is 4.62. The highest BCUT2D eigenvalue weighted by Gasteiger charge is 2.24. The van der Waals surface area contributed by atoms with Crippen molar-refractivity contribution in [2.24, 2.45) is 5.92 Å². The number of aromatic nitrogens is 2. The smallest absolute Gasteiger partial charge is 0.332 e. The predicted octanol–water partition coefficient (Wildman–Crippen LogP) is 2.44. The van der Waals surface area contributed by atoms with Crippen LogP contribution in [-0.2, 0) is 0 Å². The summed E-state index contributed by atoms with van der Waals surface area (Å²) in [6.07, 6.45) is 0. The molecular weight excluding hydrogens is 244 g/mol. The van der Waals surface area contributed by atoms with Gasteiger partial charge in [0.05, 0.1) is 4.92 Å². The van der Waals surface area contributed by atoms with Crippen LogP contribution in [0.2, 0.25) is 5.28 Å². The van der Waals surface area contributed by atoms with E-state index >= 15 is 0 Å². The van der Waals surface area contributed by atoms with Crippen LogP contribution < -0.4 is 4.90 Å². The first-order valence-electron chi connectivity index (χ1n) is 5.22. The molecule has 0 saturated heterocycles. The van der Waals surface area contributed by atoms with Crippen molar-refractivity contribution in [3.8, 4) is 0 Å². The van der Waals surface area contributed by atoms with Crippen molar-refractivity contribution in [1.82, 2.24) is 9.97 Å². The van der Waals surface area contributed by atoms with Gasteiger partial charge in [-0.2, -0.15) is 4.98 Å². The number of anilines is 1. The van der Waals surface area contributed by atoms with Gasteiger partial charge in [-0.15, -0.1) is 0 Å². The molecule has 0 atom stereocenters. The lowest BCUT2D eigenvalue weighted by Crippen LogP contribution is -2.25.